The fraction of sp³-hybridized carbons (Fsp3) is 0. The third kappa shape index (κ3) is 1.92. The van der Waals surface area contributed by atoms with E-state index in [-0.39, 0.29) is 33.8 Å². The third-order valence-corrected chi connectivity index (χ3v) is 3.73. The molecule has 0 saturated carbocycles. The van der Waals surface area contributed by atoms with Gasteiger partial charge in [0.2, 0.25) is 0 Å². The summed E-state index contributed by atoms with van der Waals surface area (Å²) in [4.78, 5) is 20.6. The maximum Gasteiger partial charge on any atom is 0.199 e. The van der Waals surface area contributed by atoms with E-state index in [2.05, 4.69) is 9.97 Å². The highest BCUT2D eigenvalue weighted by atomic mass is 19.2. The summed E-state index contributed by atoms with van der Waals surface area (Å²) in [6, 6.07) is 8.46. The number of nitrogens with zero attached hydrogens (tertiary/aromatic N) is 2. The highest BCUT2D eigenvalue weighted by molar-refractivity contribution is 6.38. The van der Waals surface area contributed by atoms with Crippen molar-refractivity contribution in [3.63, 3.8) is 0 Å². The number of hydrogen-bond donors (Lipinski definition) is 1. The van der Waals surface area contributed by atoms with Gasteiger partial charge in [-0.15, -0.1) is 0 Å². The maximum atomic E-state index is 13.4. The molecular weight excluding hydrogens is 302 g/mol. The fourth-order valence-electron chi connectivity index (χ4n) is 2.63. The number of halogens is 2. The molecule has 0 fully saturated rings. The zero-order chi connectivity index (χ0) is 16.1. The maximum absolute atomic E-state index is 13.4. The number of rotatable bonds is 1. The van der Waals surface area contributed by atoms with Crippen molar-refractivity contribution in [2.24, 2.45) is 0 Å². The minimum atomic E-state index is -1.05. The molecule has 4 nitrogen and oxygen atoms in total. The van der Waals surface area contributed by atoms with Gasteiger partial charge in [-0.05, 0) is 0 Å². The molecule has 1 aliphatic rings. The first-order valence-corrected chi connectivity index (χ1v) is 6.76. The van der Waals surface area contributed by atoms with Gasteiger partial charge in [-0.1, -0.05) is 24.3 Å². The molecule has 23 heavy (non-hydrogen) atoms. The van der Waals surface area contributed by atoms with E-state index < -0.39 is 11.6 Å². The van der Waals surface area contributed by atoms with Crippen molar-refractivity contribution in [3.8, 4) is 0 Å². The molecule has 2 aromatic carbocycles. The number of aliphatic hydroxyl groups is 1. The molecule has 6 heteroatoms. The van der Waals surface area contributed by atoms with Crippen molar-refractivity contribution in [2.75, 3.05) is 0 Å². The predicted molar refractivity (Wildman–Crippen MR) is 79.7 cm³/mol. The smallest absolute Gasteiger partial charge is 0.199 e. The van der Waals surface area contributed by atoms with Gasteiger partial charge >= 0.3 is 0 Å². The zero-order valence-electron chi connectivity index (χ0n) is 11.5. The number of fused-ring (bicyclic) bond motifs is 2. The van der Waals surface area contributed by atoms with Gasteiger partial charge in [0, 0.05) is 23.3 Å². The number of Topliss-reactive ketones (excluding diaryl/α,β-unsaturated/α-hetero) is 1. The van der Waals surface area contributed by atoms with E-state index in [1.165, 1.54) is 6.20 Å². The third-order valence-electron chi connectivity index (χ3n) is 3.73. The molecule has 0 atom stereocenters. The number of ketones is 1. The van der Waals surface area contributed by atoms with Gasteiger partial charge in [0.25, 0.3) is 0 Å². The number of hydrogen-bond acceptors (Lipinski definition) is 4. The molecule has 0 unspecified atom stereocenters. The van der Waals surface area contributed by atoms with Gasteiger partial charge in [0.05, 0.1) is 28.5 Å². The largest absolute Gasteiger partial charge is 0.506 e. The molecular formula is C17H8F2N2O2. The van der Waals surface area contributed by atoms with Gasteiger partial charge in [-0.25, -0.2) is 13.8 Å². The Hall–Kier alpha value is -3.15. The lowest BCUT2D eigenvalue weighted by atomic mass is 10.1. The van der Waals surface area contributed by atoms with Crippen molar-refractivity contribution in [3.05, 3.63) is 71.1 Å². The molecule has 3 aromatic rings. The van der Waals surface area contributed by atoms with Crippen molar-refractivity contribution < 1.29 is 18.7 Å². The van der Waals surface area contributed by atoms with Crippen LogP contribution in [0.1, 0.15) is 21.6 Å². The number of carbonyl (C=O) groups is 1. The molecule has 4 rings (SSSR count). The number of allylic oxidation sites excluding steroid dienone is 1. The quantitative estimate of drug-likeness (QED) is 0.747. The van der Waals surface area contributed by atoms with E-state index in [0.717, 1.165) is 12.1 Å². The summed E-state index contributed by atoms with van der Waals surface area (Å²) < 4.78 is 26.6. The Kier molecular flexibility index (Phi) is 2.74. The van der Waals surface area contributed by atoms with Crippen LogP contribution in [0.25, 0.3) is 22.4 Å². The van der Waals surface area contributed by atoms with Crippen LogP contribution in [0, 0.1) is 11.6 Å². The normalized spacial score (nSPS) is 13.7. The van der Waals surface area contributed by atoms with Crippen LogP contribution in [-0.4, -0.2) is 20.9 Å². The predicted octanol–water partition coefficient (Wildman–Crippen LogP) is 3.53. The summed E-state index contributed by atoms with van der Waals surface area (Å²) in [5.74, 6) is -2.65. The first kappa shape index (κ1) is 13.5. The van der Waals surface area contributed by atoms with Gasteiger partial charge in [0.15, 0.2) is 17.4 Å². The number of aliphatic hydroxyl groups excluding tert-OH is 1. The van der Waals surface area contributed by atoms with Gasteiger partial charge in [-0.2, -0.15) is 0 Å². The van der Waals surface area contributed by atoms with E-state index in [0.29, 0.717) is 11.1 Å². The Morgan fingerprint density at radius 1 is 0.957 bits per heavy atom. The second-order valence-electron chi connectivity index (χ2n) is 5.11. The van der Waals surface area contributed by atoms with E-state index in [1.54, 1.807) is 24.3 Å². The molecule has 1 aliphatic carbocycles. The van der Waals surface area contributed by atoms with E-state index in [1.807, 2.05) is 0 Å². The van der Waals surface area contributed by atoms with Crippen LogP contribution in [0.5, 0.6) is 0 Å². The Morgan fingerprint density at radius 2 is 1.61 bits per heavy atom. The van der Waals surface area contributed by atoms with Crippen molar-refractivity contribution in [1.29, 1.82) is 0 Å². The van der Waals surface area contributed by atoms with E-state index >= 15 is 0 Å². The second kappa shape index (κ2) is 4.67. The summed E-state index contributed by atoms with van der Waals surface area (Å²) in [7, 11) is 0. The van der Waals surface area contributed by atoms with Crippen molar-refractivity contribution >= 4 is 28.1 Å². The van der Waals surface area contributed by atoms with Crippen LogP contribution in [0.15, 0.2) is 42.6 Å². The topological polar surface area (TPSA) is 63.1 Å². The first-order valence-electron chi connectivity index (χ1n) is 6.76. The van der Waals surface area contributed by atoms with E-state index in [4.69, 9.17) is 0 Å². The molecule has 1 heterocycles. The number of aromatic nitrogens is 2. The minimum absolute atomic E-state index is 0.00494. The number of carbonyl (C=O) groups excluding carboxylic acids is 1. The Bertz CT molecular complexity index is 1030. The highest BCUT2D eigenvalue weighted by Crippen LogP contribution is 2.36. The Morgan fingerprint density at radius 3 is 2.30 bits per heavy atom. The fourth-order valence-corrected chi connectivity index (χ4v) is 2.63. The number of benzene rings is 2. The molecule has 0 bridgehead atoms. The molecule has 0 spiro atoms. The van der Waals surface area contributed by atoms with Crippen molar-refractivity contribution in [2.45, 2.75) is 0 Å². The summed E-state index contributed by atoms with van der Waals surface area (Å²) in [6.45, 7) is 0. The highest BCUT2D eigenvalue weighted by Gasteiger charge is 2.31. The summed E-state index contributed by atoms with van der Waals surface area (Å²) in [5, 5.41) is 10.3. The molecule has 0 amide bonds. The Labute approximate surface area is 128 Å². The average Bonchev–Trinajstić information content (AvgIpc) is 2.80. The van der Waals surface area contributed by atoms with Gasteiger partial charge in [0.1, 0.15) is 5.76 Å². The summed E-state index contributed by atoms with van der Waals surface area (Å²) in [6.07, 6.45) is 1.26. The van der Waals surface area contributed by atoms with Gasteiger partial charge < -0.3 is 5.11 Å². The zero-order valence-corrected chi connectivity index (χ0v) is 11.5. The molecule has 0 radical (unpaired) electrons. The van der Waals surface area contributed by atoms with Gasteiger partial charge in [-0.3, -0.25) is 9.78 Å². The standard InChI is InChI=1S/C17H8F2N2O2/c18-10-5-12-13(6-11(10)19)21-14(7-20-12)15-16(22)8-3-1-2-4-9(8)17(15)23/h1-7,22H. The molecule has 1 aromatic heterocycles. The van der Waals surface area contributed by atoms with Crippen LogP contribution in [0.2, 0.25) is 0 Å². The molecule has 0 aliphatic heterocycles. The van der Waals surface area contributed by atoms with Crippen molar-refractivity contribution in [1.82, 2.24) is 9.97 Å². The van der Waals surface area contributed by atoms with Crippen LogP contribution >= 0.6 is 0 Å². The first-order chi connectivity index (χ1) is 11.1. The van der Waals surface area contributed by atoms with E-state index in [9.17, 15) is 18.7 Å². The SMILES string of the molecule is O=C1C(c2cnc3cc(F)c(F)cc3n2)=C(O)c2ccccc21. The Balaban J connectivity index is 1.92. The molecule has 1 N–H and O–H groups in total. The second-order valence-corrected chi connectivity index (χ2v) is 5.11. The lowest BCUT2D eigenvalue weighted by Crippen LogP contribution is -2.02. The van der Waals surface area contributed by atoms with Crippen LogP contribution < -0.4 is 0 Å². The van der Waals surface area contributed by atoms with Crippen LogP contribution in [-0.2, 0) is 0 Å². The van der Waals surface area contributed by atoms with Crippen LogP contribution in [0.4, 0.5) is 8.78 Å². The lowest BCUT2D eigenvalue weighted by Gasteiger charge is -2.04. The van der Waals surface area contributed by atoms with Crippen LogP contribution in [0.3, 0.4) is 0 Å². The average molecular weight is 310 g/mol. The molecule has 112 valence electrons. The molecule has 0 saturated heterocycles. The minimum Gasteiger partial charge on any atom is -0.506 e. The lowest BCUT2D eigenvalue weighted by molar-refractivity contribution is 0.105. The summed E-state index contributed by atoms with van der Waals surface area (Å²) >= 11 is 0. The monoisotopic (exact) mass is 310 g/mol. The summed E-state index contributed by atoms with van der Waals surface area (Å²) in [5.41, 5.74) is 1.17.